The Kier molecular flexibility index (Phi) is 4.59. The summed E-state index contributed by atoms with van der Waals surface area (Å²) >= 11 is 0. The topological polar surface area (TPSA) is 28.2 Å². The monoisotopic (exact) mass is 247 g/mol. The van der Waals surface area contributed by atoms with Gasteiger partial charge in [0, 0.05) is 25.7 Å². The van der Waals surface area contributed by atoms with Crippen LogP contribution in [0.25, 0.3) is 0 Å². The molecule has 1 saturated heterocycles. The molecule has 0 aliphatic carbocycles. The molecule has 2 rings (SSSR count). The Morgan fingerprint density at radius 2 is 2.28 bits per heavy atom. The average Bonchev–Trinajstić information content (AvgIpc) is 2.85. The predicted octanol–water partition coefficient (Wildman–Crippen LogP) is 2.82. The third kappa shape index (κ3) is 3.45. The van der Waals surface area contributed by atoms with E-state index >= 15 is 0 Å². The molecular weight excluding hydrogens is 222 g/mol. The minimum atomic E-state index is 0.506. The lowest BCUT2D eigenvalue weighted by Gasteiger charge is -2.18. The molecule has 3 nitrogen and oxygen atoms in total. The molecule has 0 radical (unpaired) electrons. The van der Waals surface area contributed by atoms with Crippen molar-refractivity contribution in [3.63, 3.8) is 0 Å². The van der Waals surface area contributed by atoms with Gasteiger partial charge in [0.05, 0.1) is 5.69 Å². The fraction of sp³-hybridized carbons (Fsp3) is 0.667. The van der Waals surface area contributed by atoms with E-state index in [-0.39, 0.29) is 0 Å². The summed E-state index contributed by atoms with van der Waals surface area (Å²) in [6, 6.07) is 6.87. The van der Waals surface area contributed by atoms with Gasteiger partial charge in [0.2, 0.25) is 0 Å². The lowest BCUT2D eigenvalue weighted by molar-refractivity contribution is 0.568. The largest absolute Gasteiger partial charge is 0.356 e. The quantitative estimate of drug-likeness (QED) is 0.867. The molecule has 1 aliphatic rings. The van der Waals surface area contributed by atoms with Crippen molar-refractivity contribution in [3.05, 3.63) is 23.9 Å². The molecule has 0 bridgehead atoms. The maximum atomic E-state index is 4.76. The van der Waals surface area contributed by atoms with Gasteiger partial charge in [-0.15, -0.1) is 0 Å². The van der Waals surface area contributed by atoms with E-state index in [1.165, 1.54) is 19.4 Å². The number of aromatic nitrogens is 1. The number of rotatable bonds is 5. The molecule has 0 amide bonds. The first-order valence-electron chi connectivity index (χ1n) is 7.13. The molecule has 18 heavy (non-hydrogen) atoms. The molecule has 0 saturated carbocycles. The van der Waals surface area contributed by atoms with Crippen molar-refractivity contribution < 1.29 is 0 Å². The highest BCUT2D eigenvalue weighted by Gasteiger charge is 2.21. The van der Waals surface area contributed by atoms with Gasteiger partial charge in [-0.25, -0.2) is 4.98 Å². The van der Waals surface area contributed by atoms with Crippen molar-refractivity contribution in [2.24, 2.45) is 5.92 Å². The molecule has 1 unspecified atom stereocenters. The van der Waals surface area contributed by atoms with E-state index in [0.29, 0.717) is 6.04 Å². The summed E-state index contributed by atoms with van der Waals surface area (Å²) in [7, 11) is 0. The number of anilines is 1. The minimum Gasteiger partial charge on any atom is -0.356 e. The number of nitrogens with zero attached hydrogens (tertiary/aromatic N) is 2. The van der Waals surface area contributed by atoms with Crippen LogP contribution in [0, 0.1) is 5.92 Å². The van der Waals surface area contributed by atoms with E-state index < -0.39 is 0 Å². The molecule has 1 aromatic heterocycles. The third-order valence-electron chi connectivity index (χ3n) is 3.67. The molecule has 1 aliphatic heterocycles. The van der Waals surface area contributed by atoms with Crippen molar-refractivity contribution in [1.82, 2.24) is 10.3 Å². The number of pyridine rings is 1. The Morgan fingerprint density at radius 3 is 2.94 bits per heavy atom. The van der Waals surface area contributed by atoms with Crippen LogP contribution in [0.3, 0.4) is 0 Å². The maximum Gasteiger partial charge on any atom is 0.128 e. The van der Waals surface area contributed by atoms with Crippen LogP contribution >= 0.6 is 0 Å². The van der Waals surface area contributed by atoms with Gasteiger partial charge in [-0.05, 0) is 24.5 Å². The van der Waals surface area contributed by atoms with E-state index in [1.54, 1.807) is 0 Å². The van der Waals surface area contributed by atoms with Gasteiger partial charge in [-0.3, -0.25) is 0 Å². The summed E-state index contributed by atoms with van der Waals surface area (Å²) in [6.45, 7) is 9.80. The van der Waals surface area contributed by atoms with Crippen LogP contribution in [-0.4, -0.2) is 24.1 Å². The SMILES string of the molecule is CCC1CCN(c2cccc(CNC(C)C)n2)C1. The zero-order chi connectivity index (χ0) is 13.0. The molecular formula is C15H25N3. The first kappa shape index (κ1) is 13.3. The first-order valence-corrected chi connectivity index (χ1v) is 7.13. The zero-order valence-corrected chi connectivity index (χ0v) is 11.8. The van der Waals surface area contributed by atoms with E-state index in [0.717, 1.165) is 30.5 Å². The summed E-state index contributed by atoms with van der Waals surface area (Å²) in [4.78, 5) is 7.18. The molecule has 1 atom stereocenters. The van der Waals surface area contributed by atoms with Gasteiger partial charge in [-0.2, -0.15) is 0 Å². The lowest BCUT2D eigenvalue weighted by atomic mass is 10.1. The van der Waals surface area contributed by atoms with Gasteiger partial charge >= 0.3 is 0 Å². The summed E-state index contributed by atoms with van der Waals surface area (Å²) in [5.41, 5.74) is 1.14. The number of hydrogen-bond donors (Lipinski definition) is 1. The van der Waals surface area contributed by atoms with E-state index in [9.17, 15) is 0 Å². The van der Waals surface area contributed by atoms with Crippen LogP contribution in [0.2, 0.25) is 0 Å². The van der Waals surface area contributed by atoms with Gasteiger partial charge in [0.25, 0.3) is 0 Å². The molecule has 3 heteroatoms. The van der Waals surface area contributed by atoms with Crippen molar-refractivity contribution in [3.8, 4) is 0 Å². The van der Waals surface area contributed by atoms with Gasteiger partial charge in [0.1, 0.15) is 5.82 Å². The van der Waals surface area contributed by atoms with Crippen LogP contribution in [0.5, 0.6) is 0 Å². The van der Waals surface area contributed by atoms with Crippen LogP contribution in [-0.2, 0) is 6.54 Å². The average molecular weight is 247 g/mol. The Hall–Kier alpha value is -1.09. The van der Waals surface area contributed by atoms with E-state index in [4.69, 9.17) is 4.98 Å². The van der Waals surface area contributed by atoms with Crippen molar-refractivity contribution >= 4 is 5.82 Å². The van der Waals surface area contributed by atoms with E-state index in [2.05, 4.69) is 49.2 Å². The summed E-state index contributed by atoms with van der Waals surface area (Å²) in [5, 5.41) is 3.42. The zero-order valence-electron chi connectivity index (χ0n) is 11.8. The molecule has 0 spiro atoms. The lowest BCUT2D eigenvalue weighted by Crippen LogP contribution is -2.24. The highest BCUT2D eigenvalue weighted by molar-refractivity contribution is 5.40. The minimum absolute atomic E-state index is 0.506. The van der Waals surface area contributed by atoms with Gasteiger partial charge in [0.15, 0.2) is 0 Å². The maximum absolute atomic E-state index is 4.76. The fourth-order valence-electron chi connectivity index (χ4n) is 2.42. The third-order valence-corrected chi connectivity index (χ3v) is 3.67. The normalized spacial score (nSPS) is 19.8. The van der Waals surface area contributed by atoms with Crippen molar-refractivity contribution in [1.29, 1.82) is 0 Å². The Morgan fingerprint density at radius 1 is 1.44 bits per heavy atom. The van der Waals surface area contributed by atoms with Gasteiger partial charge in [-0.1, -0.05) is 33.3 Å². The Bertz CT molecular complexity index is 376. The summed E-state index contributed by atoms with van der Waals surface area (Å²) in [6.07, 6.45) is 2.59. The van der Waals surface area contributed by atoms with Crippen LogP contribution in [0.15, 0.2) is 18.2 Å². The molecule has 100 valence electrons. The first-order chi connectivity index (χ1) is 8.69. The summed E-state index contributed by atoms with van der Waals surface area (Å²) in [5.74, 6) is 2.00. The summed E-state index contributed by atoms with van der Waals surface area (Å²) < 4.78 is 0. The standard InChI is InChI=1S/C15H25N3/c1-4-13-8-9-18(11-13)15-7-5-6-14(17-15)10-16-12(2)3/h5-7,12-13,16H,4,8-11H2,1-3H3. The van der Waals surface area contributed by atoms with Crippen LogP contribution in [0.1, 0.15) is 39.3 Å². The second-order valence-electron chi connectivity index (χ2n) is 5.53. The fourth-order valence-corrected chi connectivity index (χ4v) is 2.42. The molecule has 1 aromatic rings. The Balaban J connectivity index is 1.99. The molecule has 0 aromatic carbocycles. The van der Waals surface area contributed by atoms with E-state index in [1.807, 2.05) is 0 Å². The van der Waals surface area contributed by atoms with Gasteiger partial charge < -0.3 is 10.2 Å². The van der Waals surface area contributed by atoms with Crippen LogP contribution in [0.4, 0.5) is 5.82 Å². The number of nitrogens with one attached hydrogen (secondary N) is 1. The second kappa shape index (κ2) is 6.19. The number of hydrogen-bond acceptors (Lipinski definition) is 3. The highest BCUT2D eigenvalue weighted by Crippen LogP contribution is 2.24. The Labute approximate surface area is 111 Å². The van der Waals surface area contributed by atoms with Crippen LogP contribution < -0.4 is 10.2 Å². The van der Waals surface area contributed by atoms with Crippen molar-refractivity contribution in [2.75, 3.05) is 18.0 Å². The molecule has 1 N–H and O–H groups in total. The molecule has 2 heterocycles. The van der Waals surface area contributed by atoms with Crippen molar-refractivity contribution in [2.45, 2.75) is 46.2 Å². The smallest absolute Gasteiger partial charge is 0.128 e. The second-order valence-corrected chi connectivity index (χ2v) is 5.53. The predicted molar refractivity (Wildman–Crippen MR) is 76.8 cm³/mol. The highest BCUT2D eigenvalue weighted by atomic mass is 15.2. The molecule has 1 fully saturated rings.